The van der Waals surface area contributed by atoms with Gasteiger partial charge in [-0.15, -0.1) is 0 Å². The van der Waals surface area contributed by atoms with Gasteiger partial charge >= 0.3 is 0 Å². The second-order valence-corrected chi connectivity index (χ2v) is 5.02. The van der Waals surface area contributed by atoms with Gasteiger partial charge in [0.2, 0.25) is 0 Å². The van der Waals surface area contributed by atoms with Crippen molar-refractivity contribution in [3.63, 3.8) is 0 Å². The maximum absolute atomic E-state index is 5.84. The second kappa shape index (κ2) is 7.43. The molecule has 1 aromatic carbocycles. The molecule has 0 aliphatic carbocycles. The average molecular weight is 277 g/mol. The molecule has 0 spiro atoms. The predicted molar refractivity (Wildman–Crippen MR) is 79.9 cm³/mol. The van der Waals surface area contributed by atoms with Gasteiger partial charge in [0.25, 0.3) is 0 Å². The third-order valence-corrected chi connectivity index (χ3v) is 3.10. The molecule has 0 saturated heterocycles. The molecule has 0 bridgehead atoms. The first-order valence-electron chi connectivity index (χ1n) is 7.05. The summed E-state index contributed by atoms with van der Waals surface area (Å²) in [6.45, 7) is 5.82. The maximum atomic E-state index is 5.84. The molecule has 1 heterocycles. The fraction of sp³-hybridized carbons (Fsp3) is 0.500. The Morgan fingerprint density at radius 2 is 2.00 bits per heavy atom. The highest BCUT2D eigenvalue weighted by Crippen LogP contribution is 2.23. The standard InChI is InChI=1S/C16H23NO3/c1-12(2)19-9-8-18-11-14(17-3)16-10-13-6-4-5-7-15(13)20-16/h4-7,10,12,14,17H,8-9,11H2,1-3H3. The van der Waals surface area contributed by atoms with Gasteiger partial charge < -0.3 is 19.2 Å². The second-order valence-electron chi connectivity index (χ2n) is 5.02. The van der Waals surface area contributed by atoms with Crippen molar-refractivity contribution in [2.24, 2.45) is 0 Å². The number of fused-ring (bicyclic) bond motifs is 1. The van der Waals surface area contributed by atoms with Crippen LogP contribution in [0.1, 0.15) is 25.6 Å². The number of nitrogens with one attached hydrogen (secondary N) is 1. The Kier molecular flexibility index (Phi) is 5.59. The van der Waals surface area contributed by atoms with E-state index in [1.165, 1.54) is 0 Å². The summed E-state index contributed by atoms with van der Waals surface area (Å²) in [4.78, 5) is 0. The number of para-hydroxylation sites is 1. The van der Waals surface area contributed by atoms with Crippen molar-refractivity contribution in [2.75, 3.05) is 26.9 Å². The van der Waals surface area contributed by atoms with E-state index in [-0.39, 0.29) is 12.1 Å². The van der Waals surface area contributed by atoms with Crippen LogP contribution < -0.4 is 5.32 Å². The number of rotatable bonds is 8. The highest BCUT2D eigenvalue weighted by Gasteiger charge is 2.14. The van der Waals surface area contributed by atoms with Gasteiger partial charge in [0, 0.05) is 5.39 Å². The molecule has 4 nitrogen and oxygen atoms in total. The summed E-state index contributed by atoms with van der Waals surface area (Å²) >= 11 is 0. The number of benzene rings is 1. The third-order valence-electron chi connectivity index (χ3n) is 3.10. The Morgan fingerprint density at radius 1 is 1.20 bits per heavy atom. The van der Waals surface area contributed by atoms with Crippen LogP contribution in [-0.4, -0.2) is 33.0 Å². The van der Waals surface area contributed by atoms with Crippen LogP contribution in [0.5, 0.6) is 0 Å². The van der Waals surface area contributed by atoms with Crippen molar-refractivity contribution >= 4 is 11.0 Å². The van der Waals surface area contributed by atoms with Crippen LogP contribution >= 0.6 is 0 Å². The summed E-state index contributed by atoms with van der Waals surface area (Å²) in [6, 6.07) is 10.1. The van der Waals surface area contributed by atoms with Gasteiger partial charge in [0.15, 0.2) is 0 Å². The van der Waals surface area contributed by atoms with Crippen LogP contribution in [0.3, 0.4) is 0 Å². The van der Waals surface area contributed by atoms with E-state index in [2.05, 4.69) is 11.4 Å². The van der Waals surface area contributed by atoms with E-state index in [1.54, 1.807) is 0 Å². The zero-order valence-electron chi connectivity index (χ0n) is 12.4. The summed E-state index contributed by atoms with van der Waals surface area (Å²) in [7, 11) is 1.91. The summed E-state index contributed by atoms with van der Waals surface area (Å²) in [6.07, 6.45) is 0.245. The molecule has 0 aliphatic heterocycles. The molecule has 0 radical (unpaired) electrons. The molecule has 1 unspecified atom stereocenters. The number of likely N-dealkylation sites (N-methyl/N-ethyl adjacent to an activating group) is 1. The van der Waals surface area contributed by atoms with Gasteiger partial charge in [0.1, 0.15) is 11.3 Å². The Morgan fingerprint density at radius 3 is 2.70 bits per heavy atom. The van der Waals surface area contributed by atoms with Gasteiger partial charge in [0.05, 0.1) is 32.0 Å². The first-order chi connectivity index (χ1) is 9.70. The monoisotopic (exact) mass is 277 g/mol. The lowest BCUT2D eigenvalue weighted by Crippen LogP contribution is -2.22. The SMILES string of the molecule is CNC(COCCOC(C)C)c1cc2ccccc2o1. The lowest BCUT2D eigenvalue weighted by atomic mass is 10.2. The molecule has 20 heavy (non-hydrogen) atoms. The van der Waals surface area contributed by atoms with Crippen molar-refractivity contribution in [3.05, 3.63) is 36.1 Å². The van der Waals surface area contributed by atoms with E-state index in [9.17, 15) is 0 Å². The minimum absolute atomic E-state index is 0.0569. The van der Waals surface area contributed by atoms with Gasteiger partial charge in [-0.2, -0.15) is 0 Å². The topological polar surface area (TPSA) is 43.6 Å². The van der Waals surface area contributed by atoms with Crippen molar-refractivity contribution in [1.29, 1.82) is 0 Å². The highest BCUT2D eigenvalue weighted by molar-refractivity contribution is 5.77. The van der Waals surface area contributed by atoms with E-state index >= 15 is 0 Å². The molecule has 2 rings (SSSR count). The van der Waals surface area contributed by atoms with E-state index < -0.39 is 0 Å². The fourth-order valence-electron chi connectivity index (χ4n) is 2.03. The van der Waals surface area contributed by atoms with E-state index in [0.717, 1.165) is 16.7 Å². The molecule has 1 aromatic heterocycles. The largest absolute Gasteiger partial charge is 0.459 e. The Hall–Kier alpha value is -1.36. The summed E-state index contributed by atoms with van der Waals surface area (Å²) < 4.78 is 16.9. The highest BCUT2D eigenvalue weighted by atomic mass is 16.5. The Balaban J connectivity index is 1.87. The minimum Gasteiger partial charge on any atom is -0.459 e. The van der Waals surface area contributed by atoms with Gasteiger partial charge in [-0.1, -0.05) is 18.2 Å². The molecule has 0 fully saturated rings. The minimum atomic E-state index is 0.0569. The lowest BCUT2D eigenvalue weighted by Gasteiger charge is -2.14. The van der Waals surface area contributed by atoms with Crippen molar-refractivity contribution in [3.8, 4) is 0 Å². The lowest BCUT2D eigenvalue weighted by molar-refractivity contribution is 0.0129. The van der Waals surface area contributed by atoms with Gasteiger partial charge in [-0.25, -0.2) is 0 Å². The molecule has 0 aliphatic rings. The summed E-state index contributed by atoms with van der Waals surface area (Å²) in [5, 5.41) is 4.34. The third kappa shape index (κ3) is 4.07. The molecule has 2 aromatic rings. The number of hydrogen-bond donors (Lipinski definition) is 1. The Bertz CT molecular complexity index is 488. The summed E-state index contributed by atoms with van der Waals surface area (Å²) in [5.74, 6) is 0.901. The van der Waals surface area contributed by atoms with Crippen molar-refractivity contribution in [2.45, 2.75) is 26.0 Å². The zero-order chi connectivity index (χ0) is 14.4. The van der Waals surface area contributed by atoms with E-state index in [4.69, 9.17) is 13.9 Å². The van der Waals surface area contributed by atoms with Crippen LogP contribution in [0.25, 0.3) is 11.0 Å². The number of furan rings is 1. The molecular formula is C16H23NO3. The molecule has 0 saturated carbocycles. The summed E-state index contributed by atoms with van der Waals surface area (Å²) in [5.41, 5.74) is 0.908. The molecular weight excluding hydrogens is 254 g/mol. The molecule has 1 atom stereocenters. The average Bonchev–Trinajstić information content (AvgIpc) is 2.86. The number of hydrogen-bond acceptors (Lipinski definition) is 4. The maximum Gasteiger partial charge on any atom is 0.134 e. The van der Waals surface area contributed by atoms with E-state index in [1.807, 2.05) is 45.2 Å². The molecule has 110 valence electrons. The zero-order valence-corrected chi connectivity index (χ0v) is 12.4. The van der Waals surface area contributed by atoms with Crippen LogP contribution in [0.15, 0.2) is 34.7 Å². The van der Waals surface area contributed by atoms with Crippen molar-refractivity contribution in [1.82, 2.24) is 5.32 Å². The molecule has 0 amide bonds. The fourth-order valence-corrected chi connectivity index (χ4v) is 2.03. The smallest absolute Gasteiger partial charge is 0.134 e. The number of ether oxygens (including phenoxy) is 2. The molecule has 1 N–H and O–H groups in total. The predicted octanol–water partition coefficient (Wildman–Crippen LogP) is 3.13. The Labute approximate surface area is 120 Å². The first-order valence-corrected chi connectivity index (χ1v) is 7.05. The van der Waals surface area contributed by atoms with Crippen LogP contribution in [0, 0.1) is 0 Å². The first kappa shape index (κ1) is 15.0. The van der Waals surface area contributed by atoms with Crippen LogP contribution in [0.4, 0.5) is 0 Å². The van der Waals surface area contributed by atoms with Gasteiger partial charge in [-0.3, -0.25) is 0 Å². The quantitative estimate of drug-likeness (QED) is 0.753. The van der Waals surface area contributed by atoms with Gasteiger partial charge in [-0.05, 0) is 33.0 Å². The van der Waals surface area contributed by atoms with Crippen LogP contribution in [-0.2, 0) is 9.47 Å². The van der Waals surface area contributed by atoms with E-state index in [0.29, 0.717) is 19.8 Å². The van der Waals surface area contributed by atoms with Crippen LogP contribution in [0.2, 0.25) is 0 Å². The van der Waals surface area contributed by atoms with Crippen molar-refractivity contribution < 1.29 is 13.9 Å². The molecule has 4 heteroatoms. The normalized spacial score (nSPS) is 13.2.